The zero-order valence-corrected chi connectivity index (χ0v) is 19.9. The fraction of sp³-hybridized carbons (Fsp3) is 0.240. The minimum absolute atomic E-state index is 0.162. The van der Waals surface area contributed by atoms with E-state index in [1.165, 1.54) is 11.3 Å². The molecule has 0 aliphatic carbocycles. The minimum Gasteiger partial charge on any atom is -0.377 e. The Hall–Kier alpha value is -2.94. The predicted molar refractivity (Wildman–Crippen MR) is 134 cm³/mol. The van der Waals surface area contributed by atoms with Crippen molar-refractivity contribution in [1.29, 1.82) is 0 Å². The summed E-state index contributed by atoms with van der Waals surface area (Å²) in [5.41, 5.74) is 2.45. The van der Waals surface area contributed by atoms with E-state index >= 15 is 0 Å². The van der Waals surface area contributed by atoms with Gasteiger partial charge in [0, 0.05) is 42.3 Å². The van der Waals surface area contributed by atoms with Crippen LogP contribution in [0, 0.1) is 0 Å². The third-order valence-electron chi connectivity index (χ3n) is 5.50. The van der Waals surface area contributed by atoms with Crippen molar-refractivity contribution in [3.8, 4) is 22.0 Å². The van der Waals surface area contributed by atoms with Gasteiger partial charge in [-0.2, -0.15) is 0 Å². The van der Waals surface area contributed by atoms with Crippen molar-refractivity contribution in [3.05, 3.63) is 72.6 Å². The van der Waals surface area contributed by atoms with Gasteiger partial charge < -0.3 is 9.30 Å². The Kier molecular flexibility index (Phi) is 6.57. The van der Waals surface area contributed by atoms with E-state index in [9.17, 15) is 4.79 Å². The van der Waals surface area contributed by atoms with E-state index in [-0.39, 0.29) is 12.0 Å². The van der Waals surface area contributed by atoms with E-state index < -0.39 is 0 Å². The van der Waals surface area contributed by atoms with Crippen LogP contribution in [-0.2, 0) is 11.8 Å². The van der Waals surface area contributed by atoms with Gasteiger partial charge in [0.05, 0.1) is 22.2 Å². The van der Waals surface area contributed by atoms with Crippen molar-refractivity contribution < 1.29 is 9.53 Å². The highest BCUT2D eigenvalue weighted by Gasteiger charge is 2.21. The smallest absolute Gasteiger partial charge is 0.258 e. The first-order valence-corrected chi connectivity index (χ1v) is 12.7. The molecule has 2 aromatic carbocycles. The van der Waals surface area contributed by atoms with Gasteiger partial charge >= 0.3 is 0 Å². The van der Waals surface area contributed by atoms with Gasteiger partial charge in [-0.1, -0.05) is 53.8 Å². The molecular weight excluding hydrogens is 452 g/mol. The van der Waals surface area contributed by atoms with Gasteiger partial charge in [0.25, 0.3) is 5.91 Å². The molecule has 1 atom stereocenters. The fourth-order valence-corrected chi connectivity index (χ4v) is 5.95. The lowest BCUT2D eigenvalue weighted by atomic mass is 10.1. The lowest BCUT2D eigenvalue weighted by Crippen LogP contribution is -2.14. The topological polar surface area (TPSA) is 69.0 Å². The number of thiazole rings is 1. The molecule has 1 aliphatic rings. The summed E-state index contributed by atoms with van der Waals surface area (Å²) >= 11 is 3.11. The molecule has 1 N–H and O–H groups in total. The number of aryl methyl sites for hydroxylation is 1. The largest absolute Gasteiger partial charge is 0.377 e. The molecule has 0 spiro atoms. The lowest BCUT2D eigenvalue weighted by molar-refractivity contribution is 0.102. The van der Waals surface area contributed by atoms with Crippen LogP contribution in [0.15, 0.2) is 71.9 Å². The number of imidazole rings is 1. The number of nitrogens with zero attached hydrogens (tertiary/aromatic N) is 3. The van der Waals surface area contributed by atoms with Crippen molar-refractivity contribution in [1.82, 2.24) is 14.5 Å². The van der Waals surface area contributed by atoms with Crippen LogP contribution in [0.2, 0.25) is 0 Å². The van der Waals surface area contributed by atoms with Crippen LogP contribution in [-0.4, -0.2) is 38.9 Å². The number of rotatable bonds is 7. The van der Waals surface area contributed by atoms with Crippen molar-refractivity contribution in [3.63, 3.8) is 0 Å². The maximum atomic E-state index is 13.2. The molecule has 2 aromatic heterocycles. The third kappa shape index (κ3) is 4.88. The number of hydrogen-bond acceptors (Lipinski definition) is 6. The molecule has 0 radical (unpaired) electrons. The zero-order chi connectivity index (χ0) is 22.6. The summed E-state index contributed by atoms with van der Waals surface area (Å²) in [7, 11) is 1.95. The molecule has 33 heavy (non-hydrogen) atoms. The maximum Gasteiger partial charge on any atom is 0.258 e. The molecule has 3 heterocycles. The van der Waals surface area contributed by atoms with E-state index in [0.29, 0.717) is 10.7 Å². The normalized spacial score (nSPS) is 15.6. The average Bonchev–Trinajstić information content (AvgIpc) is 3.60. The highest BCUT2D eigenvalue weighted by molar-refractivity contribution is 7.99. The number of amides is 1. The molecule has 1 saturated heterocycles. The Bertz CT molecular complexity index is 1250. The Morgan fingerprint density at radius 3 is 2.79 bits per heavy atom. The van der Waals surface area contributed by atoms with Gasteiger partial charge in [0.15, 0.2) is 11.0 Å². The molecular formula is C25H24N4O2S2. The molecule has 5 rings (SSSR count). The van der Waals surface area contributed by atoms with Crippen LogP contribution in [0.3, 0.4) is 0 Å². The first kappa shape index (κ1) is 21.9. The van der Waals surface area contributed by atoms with Crippen molar-refractivity contribution in [2.45, 2.75) is 23.8 Å². The second kappa shape index (κ2) is 9.91. The first-order valence-electron chi connectivity index (χ1n) is 10.9. The van der Waals surface area contributed by atoms with Gasteiger partial charge in [-0.05, 0) is 25.0 Å². The highest BCUT2D eigenvalue weighted by Crippen LogP contribution is 2.38. The Labute approximate surface area is 201 Å². The molecule has 0 bridgehead atoms. The van der Waals surface area contributed by atoms with E-state index in [2.05, 4.69) is 10.3 Å². The maximum absolute atomic E-state index is 13.2. The summed E-state index contributed by atoms with van der Waals surface area (Å²) in [4.78, 5) is 24.4. The number of carbonyl (C=O) groups excluding carboxylic acids is 1. The van der Waals surface area contributed by atoms with E-state index in [0.717, 1.165) is 52.1 Å². The van der Waals surface area contributed by atoms with Crippen molar-refractivity contribution in [2.24, 2.45) is 7.05 Å². The molecule has 1 fully saturated rings. The molecule has 4 aromatic rings. The summed E-state index contributed by atoms with van der Waals surface area (Å²) < 4.78 is 7.70. The fourth-order valence-electron chi connectivity index (χ4n) is 3.80. The van der Waals surface area contributed by atoms with E-state index in [1.807, 2.05) is 72.4 Å². The average molecular weight is 477 g/mol. The summed E-state index contributed by atoms with van der Waals surface area (Å²) in [6.07, 6.45) is 6.13. The quantitative estimate of drug-likeness (QED) is 0.345. The van der Waals surface area contributed by atoms with Crippen LogP contribution in [0.1, 0.15) is 23.2 Å². The Morgan fingerprint density at radius 1 is 1.21 bits per heavy atom. The van der Waals surface area contributed by atoms with Crippen molar-refractivity contribution >= 4 is 34.1 Å². The lowest BCUT2D eigenvalue weighted by Gasteiger charge is -2.11. The van der Waals surface area contributed by atoms with Crippen LogP contribution < -0.4 is 5.32 Å². The van der Waals surface area contributed by atoms with E-state index in [1.54, 1.807) is 18.0 Å². The van der Waals surface area contributed by atoms with E-state index in [4.69, 9.17) is 9.72 Å². The summed E-state index contributed by atoms with van der Waals surface area (Å²) in [6.45, 7) is 0.833. The molecule has 168 valence electrons. The van der Waals surface area contributed by atoms with Gasteiger partial charge in [0.1, 0.15) is 0 Å². The van der Waals surface area contributed by atoms with Gasteiger partial charge in [-0.25, -0.2) is 9.97 Å². The van der Waals surface area contributed by atoms with Gasteiger partial charge in [-0.3, -0.25) is 10.1 Å². The number of thioether (sulfide) groups is 1. The summed E-state index contributed by atoms with van der Waals surface area (Å²) in [5, 5.41) is 3.58. The van der Waals surface area contributed by atoms with Crippen molar-refractivity contribution in [2.75, 3.05) is 17.7 Å². The second-order valence-corrected chi connectivity index (χ2v) is 9.88. The molecule has 8 heteroatoms. The number of aromatic nitrogens is 3. The monoisotopic (exact) mass is 476 g/mol. The highest BCUT2D eigenvalue weighted by atomic mass is 32.2. The van der Waals surface area contributed by atoms with Crippen LogP contribution in [0.5, 0.6) is 0 Å². The molecule has 1 aliphatic heterocycles. The van der Waals surface area contributed by atoms with Crippen LogP contribution in [0.4, 0.5) is 5.13 Å². The third-order valence-corrected chi connectivity index (χ3v) is 7.67. The van der Waals surface area contributed by atoms with Crippen LogP contribution in [0.25, 0.3) is 22.0 Å². The predicted octanol–water partition coefficient (Wildman–Crippen LogP) is 5.73. The SMILES string of the molecule is Cn1ccnc1-c1sc(NC(=O)c2ccccc2SCC2CCCO2)nc1-c1ccccc1. The number of benzene rings is 2. The minimum atomic E-state index is -0.162. The summed E-state index contributed by atoms with van der Waals surface area (Å²) in [5.74, 6) is 1.51. The standard InChI is InChI=1S/C25H24N4O2S2/c1-29-14-13-26-23(29)22-21(17-8-3-2-4-9-17)27-25(33-22)28-24(30)19-11-5-6-12-20(19)32-16-18-10-7-15-31-18/h2-6,8-9,11-14,18H,7,10,15-16H2,1H3,(H,27,28,30). The van der Waals surface area contributed by atoms with Gasteiger partial charge in [-0.15, -0.1) is 11.8 Å². The first-order chi connectivity index (χ1) is 16.2. The van der Waals surface area contributed by atoms with Gasteiger partial charge in [0.2, 0.25) is 0 Å². The molecule has 1 unspecified atom stereocenters. The molecule has 1 amide bonds. The molecule has 0 saturated carbocycles. The summed E-state index contributed by atoms with van der Waals surface area (Å²) in [6, 6.07) is 17.7. The Balaban J connectivity index is 1.41. The number of carbonyl (C=O) groups is 1. The molecule has 6 nitrogen and oxygen atoms in total. The number of ether oxygens (including phenoxy) is 1. The Morgan fingerprint density at radius 2 is 2.03 bits per heavy atom. The number of hydrogen-bond donors (Lipinski definition) is 1. The zero-order valence-electron chi connectivity index (χ0n) is 18.2. The number of nitrogens with one attached hydrogen (secondary N) is 1. The second-order valence-electron chi connectivity index (χ2n) is 7.82. The number of anilines is 1. The van der Waals surface area contributed by atoms with Crippen LogP contribution >= 0.6 is 23.1 Å².